The molecule has 1 aliphatic rings. The van der Waals surface area contributed by atoms with E-state index in [4.69, 9.17) is 9.47 Å². The van der Waals surface area contributed by atoms with Crippen LogP contribution in [0.4, 0.5) is 0 Å². The molecule has 21 heavy (non-hydrogen) atoms. The smallest absolute Gasteiger partial charge is 0.341 e. The van der Waals surface area contributed by atoms with Crippen molar-refractivity contribution >= 4 is 5.97 Å². The van der Waals surface area contributed by atoms with E-state index in [1.54, 1.807) is 20.2 Å². The zero-order chi connectivity index (χ0) is 15.5. The molecule has 1 aromatic rings. The predicted molar refractivity (Wildman–Crippen MR) is 79.2 cm³/mol. The molecule has 1 heterocycles. The van der Waals surface area contributed by atoms with Crippen LogP contribution < -0.4 is 0 Å². The van der Waals surface area contributed by atoms with Crippen LogP contribution in [0, 0.1) is 0 Å². The third-order valence-electron chi connectivity index (χ3n) is 4.22. The summed E-state index contributed by atoms with van der Waals surface area (Å²) in [5, 5.41) is 0. The average molecular weight is 292 g/mol. The number of rotatable bonds is 7. The van der Waals surface area contributed by atoms with Crippen molar-refractivity contribution < 1.29 is 14.3 Å². The Labute approximate surface area is 126 Å². The Balaban J connectivity index is 2.43. The lowest BCUT2D eigenvalue weighted by Crippen LogP contribution is -2.30. The summed E-state index contributed by atoms with van der Waals surface area (Å²) in [5.41, 5.74) is 0.846. The van der Waals surface area contributed by atoms with E-state index in [0.717, 1.165) is 31.4 Å². The SMILES string of the molecule is CCOC(=O)c1cnc(C(CC)(CC)OC)nc1C1CC1. The molecule has 0 spiro atoms. The van der Waals surface area contributed by atoms with Crippen molar-refractivity contribution in [2.24, 2.45) is 0 Å². The highest BCUT2D eigenvalue weighted by Gasteiger charge is 2.36. The van der Waals surface area contributed by atoms with Crippen LogP contribution in [0.15, 0.2) is 6.20 Å². The molecule has 0 atom stereocenters. The van der Waals surface area contributed by atoms with Gasteiger partial charge in [-0.1, -0.05) is 13.8 Å². The standard InChI is InChI=1S/C16H24N2O3/c1-5-16(6-2,20-4)15-17-10-12(14(19)21-7-3)13(18-15)11-8-9-11/h10-11H,5-9H2,1-4H3. The molecule has 0 bridgehead atoms. The molecule has 0 N–H and O–H groups in total. The molecule has 0 unspecified atom stereocenters. The van der Waals surface area contributed by atoms with Crippen molar-refractivity contribution in [2.75, 3.05) is 13.7 Å². The second-order valence-corrected chi connectivity index (χ2v) is 5.39. The topological polar surface area (TPSA) is 61.3 Å². The van der Waals surface area contributed by atoms with E-state index in [-0.39, 0.29) is 5.97 Å². The second kappa shape index (κ2) is 6.52. The van der Waals surface area contributed by atoms with Crippen LogP contribution in [0.3, 0.4) is 0 Å². The van der Waals surface area contributed by atoms with Crippen molar-refractivity contribution in [3.63, 3.8) is 0 Å². The normalized spacial score (nSPS) is 15.0. The van der Waals surface area contributed by atoms with Gasteiger partial charge in [-0.25, -0.2) is 14.8 Å². The predicted octanol–water partition coefficient (Wildman–Crippen LogP) is 3.19. The number of ether oxygens (including phenoxy) is 2. The van der Waals surface area contributed by atoms with Crippen LogP contribution in [-0.4, -0.2) is 29.7 Å². The molecular weight excluding hydrogens is 268 g/mol. The molecule has 0 amide bonds. The van der Waals surface area contributed by atoms with Crippen LogP contribution in [0.5, 0.6) is 0 Å². The van der Waals surface area contributed by atoms with Gasteiger partial charge in [0, 0.05) is 19.2 Å². The summed E-state index contributed by atoms with van der Waals surface area (Å²) in [5.74, 6) is 0.696. The number of aromatic nitrogens is 2. The van der Waals surface area contributed by atoms with Crippen LogP contribution >= 0.6 is 0 Å². The van der Waals surface area contributed by atoms with Crippen LogP contribution in [0.2, 0.25) is 0 Å². The molecule has 5 heteroatoms. The van der Waals surface area contributed by atoms with Gasteiger partial charge < -0.3 is 9.47 Å². The Bertz CT molecular complexity index is 500. The average Bonchev–Trinajstić information content (AvgIpc) is 3.34. The lowest BCUT2D eigenvalue weighted by Gasteiger charge is -2.28. The minimum Gasteiger partial charge on any atom is -0.462 e. The van der Waals surface area contributed by atoms with Crippen molar-refractivity contribution in [1.29, 1.82) is 0 Å². The number of esters is 1. The maximum Gasteiger partial charge on any atom is 0.341 e. The van der Waals surface area contributed by atoms with E-state index in [0.29, 0.717) is 23.9 Å². The largest absolute Gasteiger partial charge is 0.462 e. The Morgan fingerprint density at radius 1 is 1.33 bits per heavy atom. The monoisotopic (exact) mass is 292 g/mol. The number of carbonyl (C=O) groups excluding carboxylic acids is 1. The van der Waals surface area contributed by atoms with E-state index in [2.05, 4.69) is 23.8 Å². The van der Waals surface area contributed by atoms with Crippen molar-refractivity contribution in [1.82, 2.24) is 9.97 Å². The zero-order valence-electron chi connectivity index (χ0n) is 13.3. The third-order valence-corrected chi connectivity index (χ3v) is 4.22. The Kier molecular flexibility index (Phi) is 4.93. The van der Waals surface area contributed by atoms with E-state index < -0.39 is 5.60 Å². The van der Waals surface area contributed by atoms with Crippen molar-refractivity contribution in [3.8, 4) is 0 Å². The zero-order valence-corrected chi connectivity index (χ0v) is 13.3. The molecule has 0 saturated heterocycles. The Hall–Kier alpha value is -1.49. The van der Waals surface area contributed by atoms with E-state index in [9.17, 15) is 4.79 Å². The van der Waals surface area contributed by atoms with E-state index in [1.807, 2.05) is 0 Å². The summed E-state index contributed by atoms with van der Waals surface area (Å²) in [6, 6.07) is 0. The molecule has 0 radical (unpaired) electrons. The van der Waals surface area contributed by atoms with E-state index in [1.165, 1.54) is 0 Å². The fourth-order valence-electron chi connectivity index (χ4n) is 2.59. The van der Waals surface area contributed by atoms with Gasteiger partial charge in [-0.3, -0.25) is 0 Å². The molecule has 5 nitrogen and oxygen atoms in total. The highest BCUT2D eigenvalue weighted by Crippen LogP contribution is 2.41. The van der Waals surface area contributed by atoms with Crippen LogP contribution in [0.1, 0.15) is 74.2 Å². The molecule has 1 aromatic heterocycles. The number of hydrogen-bond donors (Lipinski definition) is 0. The minimum atomic E-state index is -0.475. The van der Waals surface area contributed by atoms with Gasteiger partial charge in [0.2, 0.25) is 0 Å². The van der Waals surface area contributed by atoms with Crippen LogP contribution in [0.25, 0.3) is 0 Å². The molecular formula is C16H24N2O3. The lowest BCUT2D eigenvalue weighted by atomic mass is 9.95. The van der Waals surface area contributed by atoms with E-state index >= 15 is 0 Å². The van der Waals surface area contributed by atoms with Gasteiger partial charge in [-0.05, 0) is 32.6 Å². The summed E-state index contributed by atoms with van der Waals surface area (Å²) in [7, 11) is 1.69. The molecule has 1 saturated carbocycles. The first-order chi connectivity index (χ1) is 10.1. The van der Waals surface area contributed by atoms with Gasteiger partial charge in [-0.15, -0.1) is 0 Å². The van der Waals surface area contributed by atoms with Crippen LogP contribution in [-0.2, 0) is 15.1 Å². The number of methoxy groups -OCH3 is 1. The maximum atomic E-state index is 12.0. The van der Waals surface area contributed by atoms with Crippen molar-refractivity contribution in [2.45, 2.75) is 58.0 Å². The number of nitrogens with zero attached hydrogens (tertiary/aromatic N) is 2. The first kappa shape index (κ1) is 15.9. The van der Waals surface area contributed by atoms with Gasteiger partial charge in [0.15, 0.2) is 5.82 Å². The van der Waals surface area contributed by atoms with Gasteiger partial charge in [0.1, 0.15) is 5.60 Å². The summed E-state index contributed by atoms with van der Waals surface area (Å²) in [6.45, 7) is 6.28. The van der Waals surface area contributed by atoms with Gasteiger partial charge >= 0.3 is 5.97 Å². The van der Waals surface area contributed by atoms with Gasteiger partial charge in [0.05, 0.1) is 17.9 Å². The molecule has 0 aromatic carbocycles. The first-order valence-electron chi connectivity index (χ1n) is 7.71. The molecule has 2 rings (SSSR count). The first-order valence-corrected chi connectivity index (χ1v) is 7.71. The second-order valence-electron chi connectivity index (χ2n) is 5.39. The fraction of sp³-hybridized carbons (Fsp3) is 0.688. The lowest BCUT2D eigenvalue weighted by molar-refractivity contribution is -0.0294. The summed E-state index contributed by atoms with van der Waals surface area (Å²) < 4.78 is 10.8. The Morgan fingerprint density at radius 3 is 2.48 bits per heavy atom. The molecule has 116 valence electrons. The number of hydrogen-bond acceptors (Lipinski definition) is 5. The Morgan fingerprint density at radius 2 is 2.00 bits per heavy atom. The quantitative estimate of drug-likeness (QED) is 0.722. The molecule has 1 aliphatic carbocycles. The minimum absolute atomic E-state index is 0.332. The maximum absolute atomic E-state index is 12.0. The fourth-order valence-corrected chi connectivity index (χ4v) is 2.59. The van der Waals surface area contributed by atoms with Gasteiger partial charge in [-0.2, -0.15) is 0 Å². The summed E-state index contributed by atoms with van der Waals surface area (Å²) in [4.78, 5) is 21.1. The highest BCUT2D eigenvalue weighted by molar-refractivity contribution is 5.90. The molecule has 0 aliphatic heterocycles. The van der Waals surface area contributed by atoms with Gasteiger partial charge in [0.25, 0.3) is 0 Å². The molecule has 1 fully saturated rings. The van der Waals surface area contributed by atoms with Crippen molar-refractivity contribution in [3.05, 3.63) is 23.3 Å². The summed E-state index contributed by atoms with van der Waals surface area (Å²) in [6.07, 6.45) is 5.33. The highest BCUT2D eigenvalue weighted by atomic mass is 16.5. The third kappa shape index (κ3) is 3.07. The summed E-state index contributed by atoms with van der Waals surface area (Å²) >= 11 is 0. The number of carbonyl (C=O) groups is 1.